The fourth-order valence-electron chi connectivity index (χ4n) is 3.55. The molecule has 2 aromatic rings. The monoisotopic (exact) mass is 350 g/mol. The summed E-state index contributed by atoms with van der Waals surface area (Å²) in [6.07, 6.45) is 3.62. The van der Waals surface area contributed by atoms with Crippen LogP contribution in [0.1, 0.15) is 34.2 Å². The van der Waals surface area contributed by atoms with Gasteiger partial charge in [-0.25, -0.2) is 0 Å². The van der Waals surface area contributed by atoms with Crippen LogP contribution in [0.4, 0.5) is 0 Å². The summed E-state index contributed by atoms with van der Waals surface area (Å²) in [6.45, 7) is 0.0473. The zero-order valence-electron chi connectivity index (χ0n) is 14.1. The molecule has 0 aliphatic carbocycles. The van der Waals surface area contributed by atoms with Crippen LogP contribution in [-0.4, -0.2) is 40.3 Å². The number of hydrogen-bond acceptors (Lipinski definition) is 6. The van der Waals surface area contributed by atoms with Crippen molar-refractivity contribution in [1.82, 2.24) is 4.98 Å². The molecular formula is C20H18N2O4. The van der Waals surface area contributed by atoms with Gasteiger partial charge in [-0.15, -0.1) is 0 Å². The number of ketones is 1. The maximum atomic E-state index is 12.1. The second kappa shape index (κ2) is 6.80. The number of ether oxygens (including phenoxy) is 1. The van der Waals surface area contributed by atoms with E-state index in [4.69, 9.17) is 9.84 Å². The molecule has 132 valence electrons. The fraction of sp³-hybridized carbons (Fsp3) is 0.300. The van der Waals surface area contributed by atoms with E-state index in [0.717, 1.165) is 33.5 Å². The Kier molecular flexibility index (Phi) is 4.34. The molecule has 0 spiro atoms. The van der Waals surface area contributed by atoms with E-state index < -0.39 is 12.7 Å². The molecule has 1 aromatic carbocycles. The number of aromatic nitrogens is 1. The second-order valence-corrected chi connectivity index (χ2v) is 6.57. The average Bonchev–Trinajstić information content (AvgIpc) is 2.97. The van der Waals surface area contributed by atoms with Gasteiger partial charge >= 0.3 is 5.97 Å². The topological polar surface area (TPSA) is 88.8 Å². The Balaban J connectivity index is 1.69. The van der Waals surface area contributed by atoms with Crippen LogP contribution in [0.15, 0.2) is 41.7 Å². The molecule has 6 heteroatoms. The molecule has 0 bridgehead atoms. The number of nitrogens with zero attached hydrogens (tertiary/aromatic N) is 2. The number of benzene rings is 1. The lowest BCUT2D eigenvalue weighted by Crippen LogP contribution is -2.23. The molecule has 3 heterocycles. The second-order valence-electron chi connectivity index (χ2n) is 6.57. The summed E-state index contributed by atoms with van der Waals surface area (Å²) < 4.78 is 5.40. The Morgan fingerprint density at radius 3 is 2.77 bits per heavy atom. The first kappa shape index (κ1) is 16.6. The predicted octanol–water partition coefficient (Wildman–Crippen LogP) is 1.39. The summed E-state index contributed by atoms with van der Waals surface area (Å²) in [6, 6.07) is 7.94. The van der Waals surface area contributed by atoms with E-state index in [1.165, 1.54) is 0 Å². The Hall–Kier alpha value is -2.86. The zero-order chi connectivity index (χ0) is 18.1. The van der Waals surface area contributed by atoms with E-state index in [0.29, 0.717) is 13.0 Å². The van der Waals surface area contributed by atoms with Crippen LogP contribution < -0.4 is 0 Å². The first-order chi connectivity index (χ1) is 12.6. The van der Waals surface area contributed by atoms with Crippen molar-refractivity contribution in [3.63, 3.8) is 0 Å². The molecule has 1 unspecified atom stereocenters. The van der Waals surface area contributed by atoms with Gasteiger partial charge in [0.15, 0.2) is 5.78 Å². The standard InChI is InChI=1S/C20H18N2O4/c23-11-16(24)9-17-6-14-7-18-15(5-13(14)8-19(25)26-17)10-22-20(18)12-1-3-21-4-2-12/h1-5,7,17,23H,6,8-11H2. The molecule has 26 heavy (non-hydrogen) atoms. The predicted molar refractivity (Wildman–Crippen MR) is 94.0 cm³/mol. The summed E-state index contributed by atoms with van der Waals surface area (Å²) in [5.74, 6) is -0.667. The number of carbonyl (C=O) groups is 2. The van der Waals surface area contributed by atoms with Crippen LogP contribution in [0.5, 0.6) is 0 Å². The lowest BCUT2D eigenvalue weighted by Gasteiger charge is -2.15. The molecule has 0 saturated heterocycles. The molecule has 0 radical (unpaired) electrons. The Bertz CT molecular complexity index is 906. The van der Waals surface area contributed by atoms with Crippen molar-refractivity contribution in [3.05, 3.63) is 64.5 Å². The number of esters is 1. The summed E-state index contributed by atoms with van der Waals surface area (Å²) in [7, 11) is 0. The smallest absolute Gasteiger partial charge is 0.310 e. The quantitative estimate of drug-likeness (QED) is 0.842. The Labute approximate surface area is 150 Å². The van der Waals surface area contributed by atoms with Crippen molar-refractivity contribution in [2.24, 2.45) is 4.99 Å². The highest BCUT2D eigenvalue weighted by molar-refractivity contribution is 6.15. The van der Waals surface area contributed by atoms with E-state index in [9.17, 15) is 9.59 Å². The number of aliphatic hydroxyl groups excluding tert-OH is 1. The highest BCUT2D eigenvalue weighted by Gasteiger charge is 2.27. The van der Waals surface area contributed by atoms with Crippen LogP contribution in [0.3, 0.4) is 0 Å². The van der Waals surface area contributed by atoms with Gasteiger partial charge < -0.3 is 9.84 Å². The van der Waals surface area contributed by atoms with Crippen molar-refractivity contribution < 1.29 is 19.4 Å². The van der Waals surface area contributed by atoms with Crippen LogP contribution in [0, 0.1) is 0 Å². The van der Waals surface area contributed by atoms with Gasteiger partial charge in [-0.2, -0.15) is 0 Å². The zero-order valence-corrected chi connectivity index (χ0v) is 14.1. The molecule has 0 saturated carbocycles. The summed E-state index contributed by atoms with van der Waals surface area (Å²) in [4.78, 5) is 32.4. The molecule has 1 atom stereocenters. The van der Waals surface area contributed by atoms with E-state index in [1.807, 2.05) is 18.2 Å². The van der Waals surface area contributed by atoms with Crippen molar-refractivity contribution in [2.45, 2.75) is 31.9 Å². The van der Waals surface area contributed by atoms with Crippen LogP contribution in [0.25, 0.3) is 0 Å². The van der Waals surface area contributed by atoms with Gasteiger partial charge in [0, 0.05) is 36.4 Å². The van der Waals surface area contributed by atoms with Crippen molar-refractivity contribution in [1.29, 1.82) is 0 Å². The number of rotatable bonds is 4. The number of cyclic esters (lactones) is 1. The van der Waals surface area contributed by atoms with E-state index in [-0.39, 0.29) is 24.6 Å². The van der Waals surface area contributed by atoms with E-state index >= 15 is 0 Å². The fourth-order valence-corrected chi connectivity index (χ4v) is 3.55. The van der Waals surface area contributed by atoms with Gasteiger partial charge in [-0.1, -0.05) is 6.07 Å². The van der Waals surface area contributed by atoms with E-state index in [2.05, 4.69) is 16.0 Å². The lowest BCUT2D eigenvalue weighted by molar-refractivity contribution is -0.148. The van der Waals surface area contributed by atoms with Gasteiger partial charge in [-0.3, -0.25) is 19.6 Å². The molecule has 0 amide bonds. The molecule has 1 N–H and O–H groups in total. The largest absolute Gasteiger partial charge is 0.461 e. The highest BCUT2D eigenvalue weighted by atomic mass is 16.5. The maximum Gasteiger partial charge on any atom is 0.310 e. The summed E-state index contributed by atoms with van der Waals surface area (Å²) in [5, 5.41) is 8.97. The SMILES string of the molecule is O=C(CO)CC1Cc2cc3c(cc2CC(=O)O1)CN=C3c1ccncc1. The van der Waals surface area contributed by atoms with Crippen LogP contribution in [-0.2, 0) is 33.7 Å². The number of carbonyl (C=O) groups excluding carboxylic acids is 2. The number of Topliss-reactive ketones (excluding diaryl/α,β-unsaturated/α-hetero) is 1. The molecule has 6 nitrogen and oxygen atoms in total. The van der Waals surface area contributed by atoms with Gasteiger partial charge in [0.25, 0.3) is 0 Å². The van der Waals surface area contributed by atoms with Crippen LogP contribution >= 0.6 is 0 Å². The van der Waals surface area contributed by atoms with Crippen molar-refractivity contribution in [2.75, 3.05) is 6.61 Å². The number of aliphatic hydroxyl groups is 1. The summed E-state index contributed by atoms with van der Waals surface area (Å²) in [5.41, 5.74) is 5.99. The minimum absolute atomic E-state index is 0.0318. The van der Waals surface area contributed by atoms with Gasteiger partial charge in [0.2, 0.25) is 0 Å². The van der Waals surface area contributed by atoms with E-state index in [1.54, 1.807) is 12.4 Å². The highest BCUT2D eigenvalue weighted by Crippen LogP contribution is 2.29. The van der Waals surface area contributed by atoms with Gasteiger partial charge in [0.1, 0.15) is 12.7 Å². The molecule has 2 aliphatic rings. The number of pyridine rings is 1. The number of aliphatic imine (C=N–C) groups is 1. The molecule has 2 aliphatic heterocycles. The third kappa shape index (κ3) is 3.15. The van der Waals surface area contributed by atoms with Crippen LogP contribution in [0.2, 0.25) is 0 Å². The Morgan fingerprint density at radius 2 is 2.00 bits per heavy atom. The normalized spacial score (nSPS) is 18.4. The molecule has 4 rings (SSSR count). The average molecular weight is 350 g/mol. The minimum atomic E-state index is -0.538. The Morgan fingerprint density at radius 1 is 1.19 bits per heavy atom. The first-order valence-electron chi connectivity index (χ1n) is 8.56. The van der Waals surface area contributed by atoms with Crippen molar-refractivity contribution >= 4 is 17.5 Å². The molecular weight excluding hydrogens is 332 g/mol. The third-order valence-electron chi connectivity index (χ3n) is 4.75. The number of fused-ring (bicyclic) bond motifs is 2. The third-order valence-corrected chi connectivity index (χ3v) is 4.75. The lowest BCUT2D eigenvalue weighted by atomic mass is 9.91. The molecule has 1 aromatic heterocycles. The van der Waals surface area contributed by atoms with Gasteiger partial charge in [0.05, 0.1) is 18.7 Å². The number of hydrogen-bond donors (Lipinski definition) is 1. The maximum absolute atomic E-state index is 12.1. The first-order valence-corrected chi connectivity index (χ1v) is 8.56. The molecule has 0 fully saturated rings. The van der Waals surface area contributed by atoms with Crippen molar-refractivity contribution in [3.8, 4) is 0 Å². The summed E-state index contributed by atoms with van der Waals surface area (Å²) >= 11 is 0. The minimum Gasteiger partial charge on any atom is -0.461 e. The van der Waals surface area contributed by atoms with Gasteiger partial charge in [-0.05, 0) is 34.9 Å².